The SMILES string of the molecule is CC1=C(C(=O)Nc2ccc(C)cc2C)C(c2cccc(OC(C)C)c2)n2nnnc2N1. The zero-order valence-electron chi connectivity index (χ0n) is 18.3. The number of hydrogen-bond acceptors (Lipinski definition) is 6. The molecular formula is C23H26N6O2. The molecule has 2 N–H and O–H groups in total. The van der Waals surface area contributed by atoms with Gasteiger partial charge < -0.3 is 15.4 Å². The Morgan fingerprint density at radius 3 is 2.71 bits per heavy atom. The van der Waals surface area contributed by atoms with Crippen LogP contribution >= 0.6 is 0 Å². The molecule has 1 aliphatic rings. The quantitative estimate of drug-likeness (QED) is 0.650. The van der Waals surface area contributed by atoms with Crippen LogP contribution in [0.4, 0.5) is 11.6 Å². The van der Waals surface area contributed by atoms with Crippen LogP contribution in [0.1, 0.15) is 43.5 Å². The summed E-state index contributed by atoms with van der Waals surface area (Å²) in [5, 5.41) is 18.2. The highest BCUT2D eigenvalue weighted by Crippen LogP contribution is 2.36. The van der Waals surface area contributed by atoms with E-state index in [4.69, 9.17) is 4.74 Å². The molecule has 2 aromatic carbocycles. The van der Waals surface area contributed by atoms with Gasteiger partial charge in [-0.2, -0.15) is 4.68 Å². The normalized spacial score (nSPS) is 15.5. The van der Waals surface area contributed by atoms with Crippen LogP contribution in [0.25, 0.3) is 0 Å². The van der Waals surface area contributed by atoms with Gasteiger partial charge in [0.05, 0.1) is 11.7 Å². The van der Waals surface area contributed by atoms with Crippen LogP contribution in [0.2, 0.25) is 0 Å². The predicted octanol–water partition coefficient (Wildman–Crippen LogP) is 4.00. The number of nitrogens with one attached hydrogen (secondary N) is 2. The highest BCUT2D eigenvalue weighted by Gasteiger charge is 2.34. The highest BCUT2D eigenvalue weighted by atomic mass is 16.5. The van der Waals surface area contributed by atoms with Crippen molar-refractivity contribution >= 4 is 17.5 Å². The molecule has 0 bridgehead atoms. The molecule has 0 saturated heterocycles. The minimum atomic E-state index is -0.493. The smallest absolute Gasteiger partial charge is 0.255 e. The number of rotatable bonds is 5. The van der Waals surface area contributed by atoms with Gasteiger partial charge in [0.2, 0.25) is 5.95 Å². The fourth-order valence-corrected chi connectivity index (χ4v) is 3.79. The Hall–Kier alpha value is -3.68. The molecule has 0 saturated carbocycles. The molecule has 1 amide bonds. The summed E-state index contributed by atoms with van der Waals surface area (Å²) >= 11 is 0. The second kappa shape index (κ2) is 8.22. The molecule has 8 heteroatoms. The average Bonchev–Trinajstić information content (AvgIpc) is 3.16. The van der Waals surface area contributed by atoms with Gasteiger partial charge in [0.1, 0.15) is 11.8 Å². The number of fused-ring (bicyclic) bond motifs is 1. The van der Waals surface area contributed by atoms with Crippen LogP contribution in [0.3, 0.4) is 0 Å². The summed E-state index contributed by atoms with van der Waals surface area (Å²) in [4.78, 5) is 13.5. The van der Waals surface area contributed by atoms with E-state index in [-0.39, 0.29) is 12.0 Å². The van der Waals surface area contributed by atoms with Crippen LogP contribution in [0, 0.1) is 13.8 Å². The maximum absolute atomic E-state index is 13.5. The van der Waals surface area contributed by atoms with E-state index in [1.54, 1.807) is 4.68 Å². The summed E-state index contributed by atoms with van der Waals surface area (Å²) in [6.07, 6.45) is 0.0384. The number of nitrogens with zero attached hydrogens (tertiary/aromatic N) is 4. The lowest BCUT2D eigenvalue weighted by Gasteiger charge is -2.28. The zero-order chi connectivity index (χ0) is 22.1. The molecule has 0 fully saturated rings. The Bertz CT molecular complexity index is 1160. The van der Waals surface area contributed by atoms with Gasteiger partial charge in [-0.25, -0.2) is 0 Å². The zero-order valence-corrected chi connectivity index (χ0v) is 18.3. The number of hydrogen-bond donors (Lipinski definition) is 2. The molecule has 1 aliphatic heterocycles. The fraction of sp³-hybridized carbons (Fsp3) is 0.304. The first-order valence-corrected chi connectivity index (χ1v) is 10.2. The van der Waals surface area contributed by atoms with Crippen LogP contribution in [-0.2, 0) is 4.79 Å². The second-order valence-electron chi connectivity index (χ2n) is 8.02. The monoisotopic (exact) mass is 418 g/mol. The Morgan fingerprint density at radius 1 is 1.16 bits per heavy atom. The van der Waals surface area contributed by atoms with E-state index in [2.05, 4.69) is 26.2 Å². The number of aromatic nitrogens is 4. The Morgan fingerprint density at radius 2 is 1.97 bits per heavy atom. The van der Waals surface area contributed by atoms with Crippen molar-refractivity contribution < 1.29 is 9.53 Å². The summed E-state index contributed by atoms with van der Waals surface area (Å²) in [5.74, 6) is 1.01. The molecule has 0 aliphatic carbocycles. The van der Waals surface area contributed by atoms with E-state index in [9.17, 15) is 4.79 Å². The van der Waals surface area contributed by atoms with Gasteiger partial charge in [-0.15, -0.1) is 0 Å². The molecule has 1 unspecified atom stereocenters. The van der Waals surface area contributed by atoms with Crippen LogP contribution < -0.4 is 15.4 Å². The van der Waals surface area contributed by atoms with E-state index < -0.39 is 6.04 Å². The minimum Gasteiger partial charge on any atom is -0.491 e. The number of carbonyl (C=O) groups is 1. The lowest BCUT2D eigenvalue weighted by atomic mass is 9.94. The van der Waals surface area contributed by atoms with E-state index in [0.29, 0.717) is 17.2 Å². The molecule has 8 nitrogen and oxygen atoms in total. The number of amides is 1. The van der Waals surface area contributed by atoms with Crippen molar-refractivity contribution in [1.82, 2.24) is 20.2 Å². The van der Waals surface area contributed by atoms with Gasteiger partial charge in [0.15, 0.2) is 0 Å². The first-order chi connectivity index (χ1) is 14.8. The topological polar surface area (TPSA) is 94.0 Å². The van der Waals surface area contributed by atoms with Crippen LogP contribution in [0.15, 0.2) is 53.7 Å². The molecule has 31 heavy (non-hydrogen) atoms. The lowest BCUT2D eigenvalue weighted by Crippen LogP contribution is -2.31. The Balaban J connectivity index is 1.75. The third-order valence-electron chi connectivity index (χ3n) is 5.13. The Labute approximate surface area is 181 Å². The maximum atomic E-state index is 13.5. The minimum absolute atomic E-state index is 0.0384. The van der Waals surface area contributed by atoms with Crippen molar-refractivity contribution in [2.24, 2.45) is 0 Å². The first kappa shape index (κ1) is 20.6. The third kappa shape index (κ3) is 4.14. The maximum Gasteiger partial charge on any atom is 0.255 e. The van der Waals surface area contributed by atoms with Gasteiger partial charge in [-0.1, -0.05) is 34.9 Å². The summed E-state index contributed by atoms with van der Waals surface area (Å²) < 4.78 is 7.49. The molecule has 3 aromatic rings. The van der Waals surface area contributed by atoms with Gasteiger partial charge >= 0.3 is 0 Å². The van der Waals surface area contributed by atoms with Gasteiger partial charge in [-0.05, 0) is 74.4 Å². The molecular weight excluding hydrogens is 392 g/mol. The molecule has 160 valence electrons. The van der Waals surface area contributed by atoms with Crippen LogP contribution in [0.5, 0.6) is 5.75 Å². The van der Waals surface area contributed by atoms with Crippen molar-refractivity contribution in [2.45, 2.75) is 46.8 Å². The average molecular weight is 419 g/mol. The van der Waals surface area contributed by atoms with E-state index in [1.165, 1.54) is 0 Å². The first-order valence-electron chi connectivity index (χ1n) is 10.2. The van der Waals surface area contributed by atoms with Crippen molar-refractivity contribution in [3.8, 4) is 5.75 Å². The summed E-state index contributed by atoms with van der Waals surface area (Å²) in [7, 11) is 0. The molecule has 1 atom stereocenters. The van der Waals surface area contributed by atoms with E-state index >= 15 is 0 Å². The standard InChI is InChI=1S/C23H26N6O2/c1-13(2)31-18-8-6-7-17(12-18)21-20(16(5)24-23-26-27-28-29(21)23)22(30)25-19-10-9-14(3)11-15(19)4/h6-13,21H,1-5H3,(H,25,30)(H,24,26,28). The van der Waals surface area contributed by atoms with Crippen molar-refractivity contribution in [3.05, 3.63) is 70.4 Å². The number of ether oxygens (including phenoxy) is 1. The summed E-state index contributed by atoms with van der Waals surface area (Å²) in [6, 6.07) is 13.1. The molecule has 0 spiro atoms. The molecule has 4 rings (SSSR count). The van der Waals surface area contributed by atoms with Gasteiger partial charge in [0.25, 0.3) is 5.91 Å². The second-order valence-corrected chi connectivity index (χ2v) is 8.02. The number of carbonyl (C=O) groups excluding carboxylic acids is 1. The van der Waals surface area contributed by atoms with Crippen molar-refractivity contribution in [1.29, 1.82) is 0 Å². The lowest BCUT2D eigenvalue weighted by molar-refractivity contribution is -0.113. The largest absolute Gasteiger partial charge is 0.491 e. The number of anilines is 2. The number of allylic oxidation sites excluding steroid dienone is 1. The summed E-state index contributed by atoms with van der Waals surface area (Å²) in [5.41, 5.74) is 5.02. The van der Waals surface area contributed by atoms with Crippen molar-refractivity contribution in [2.75, 3.05) is 10.6 Å². The highest BCUT2D eigenvalue weighted by molar-refractivity contribution is 6.06. The number of aryl methyl sites for hydroxylation is 2. The molecule has 2 heterocycles. The third-order valence-corrected chi connectivity index (χ3v) is 5.13. The van der Waals surface area contributed by atoms with E-state index in [1.807, 2.05) is 77.1 Å². The van der Waals surface area contributed by atoms with Gasteiger partial charge in [0, 0.05) is 11.4 Å². The van der Waals surface area contributed by atoms with E-state index in [0.717, 1.165) is 28.1 Å². The molecule has 1 aromatic heterocycles. The number of benzene rings is 2. The summed E-state index contributed by atoms with van der Waals surface area (Å²) in [6.45, 7) is 9.81. The van der Waals surface area contributed by atoms with Crippen molar-refractivity contribution in [3.63, 3.8) is 0 Å². The van der Waals surface area contributed by atoms with Gasteiger partial charge in [-0.3, -0.25) is 4.79 Å². The Kier molecular flexibility index (Phi) is 5.46. The fourth-order valence-electron chi connectivity index (χ4n) is 3.79. The number of tetrazole rings is 1. The predicted molar refractivity (Wildman–Crippen MR) is 119 cm³/mol. The molecule has 0 radical (unpaired) electrons. The van der Waals surface area contributed by atoms with Crippen LogP contribution in [-0.4, -0.2) is 32.2 Å².